The first-order valence-electron chi connectivity index (χ1n) is 4.65. The van der Waals surface area contributed by atoms with Crippen molar-refractivity contribution in [2.24, 2.45) is 5.73 Å². The van der Waals surface area contributed by atoms with Gasteiger partial charge in [0.15, 0.2) is 0 Å². The summed E-state index contributed by atoms with van der Waals surface area (Å²) >= 11 is 0. The molecule has 0 radical (unpaired) electrons. The number of aliphatic hydroxyl groups excluding tert-OH is 1. The topological polar surface area (TPSA) is 58.7 Å². The van der Waals surface area contributed by atoms with E-state index in [0.717, 1.165) is 6.54 Å². The molecule has 0 atom stereocenters. The molecule has 0 aliphatic carbocycles. The van der Waals surface area contributed by atoms with Gasteiger partial charge in [-0.2, -0.15) is 0 Å². The second-order valence-electron chi connectivity index (χ2n) is 3.84. The van der Waals surface area contributed by atoms with E-state index in [0.29, 0.717) is 19.7 Å². The van der Waals surface area contributed by atoms with Gasteiger partial charge in [-0.15, -0.1) is 0 Å². The summed E-state index contributed by atoms with van der Waals surface area (Å²) in [5.41, 5.74) is 5.27. The molecule has 80 valence electrons. The molecule has 3 N–H and O–H groups in total. The Morgan fingerprint density at radius 2 is 2.00 bits per heavy atom. The molecule has 0 amide bonds. The molecule has 13 heavy (non-hydrogen) atoms. The van der Waals surface area contributed by atoms with Crippen molar-refractivity contribution < 1.29 is 9.84 Å². The molecule has 0 fully saturated rings. The minimum absolute atomic E-state index is 0.191. The number of hydrogen-bond donors (Lipinski definition) is 2. The van der Waals surface area contributed by atoms with Crippen LogP contribution < -0.4 is 5.73 Å². The lowest BCUT2D eigenvalue weighted by Gasteiger charge is -2.25. The third kappa shape index (κ3) is 6.95. The van der Waals surface area contributed by atoms with Gasteiger partial charge in [0.05, 0.1) is 18.8 Å². The van der Waals surface area contributed by atoms with Crippen LogP contribution in [0.5, 0.6) is 0 Å². The quantitative estimate of drug-likeness (QED) is 0.577. The van der Waals surface area contributed by atoms with E-state index < -0.39 is 0 Å². The lowest BCUT2D eigenvalue weighted by Crippen LogP contribution is -2.37. The lowest BCUT2D eigenvalue weighted by atomic mass is 10.1. The highest BCUT2D eigenvalue weighted by atomic mass is 16.5. The zero-order valence-electron chi connectivity index (χ0n) is 8.92. The second kappa shape index (κ2) is 6.32. The molecule has 0 unspecified atom stereocenters. The molecular weight excluding hydrogens is 168 g/mol. The van der Waals surface area contributed by atoms with Crippen LogP contribution in [-0.2, 0) is 4.74 Å². The number of hydrogen-bond acceptors (Lipinski definition) is 4. The Morgan fingerprint density at radius 3 is 2.46 bits per heavy atom. The first kappa shape index (κ1) is 12.8. The van der Waals surface area contributed by atoms with Crippen molar-refractivity contribution in [1.82, 2.24) is 4.90 Å². The lowest BCUT2D eigenvalue weighted by molar-refractivity contribution is -0.0185. The van der Waals surface area contributed by atoms with Gasteiger partial charge in [-0.1, -0.05) is 0 Å². The van der Waals surface area contributed by atoms with Gasteiger partial charge in [0.1, 0.15) is 0 Å². The molecule has 0 rings (SSSR count). The Bertz CT molecular complexity index is 129. The van der Waals surface area contributed by atoms with Crippen LogP contribution in [0.15, 0.2) is 0 Å². The van der Waals surface area contributed by atoms with Crippen LogP contribution in [0.25, 0.3) is 0 Å². The Kier molecular flexibility index (Phi) is 6.24. The Hall–Kier alpha value is -0.160. The van der Waals surface area contributed by atoms with E-state index in [1.54, 1.807) is 0 Å². The van der Waals surface area contributed by atoms with E-state index in [4.69, 9.17) is 15.6 Å². The third-order valence-electron chi connectivity index (χ3n) is 1.94. The highest BCUT2D eigenvalue weighted by Gasteiger charge is 2.15. The molecule has 0 heterocycles. The van der Waals surface area contributed by atoms with Crippen molar-refractivity contribution in [3.63, 3.8) is 0 Å². The average Bonchev–Trinajstić information content (AvgIpc) is 2.05. The van der Waals surface area contributed by atoms with E-state index in [1.807, 2.05) is 25.8 Å². The normalized spacial score (nSPS) is 12.5. The van der Waals surface area contributed by atoms with Crippen LogP contribution in [0.1, 0.15) is 13.8 Å². The number of aliphatic hydroxyl groups is 1. The molecule has 0 aliphatic rings. The molecular formula is C9H22N2O2. The molecule has 4 heteroatoms. The van der Waals surface area contributed by atoms with Crippen LogP contribution in [0, 0.1) is 0 Å². The zero-order chi connectivity index (χ0) is 10.3. The van der Waals surface area contributed by atoms with Gasteiger partial charge in [0.2, 0.25) is 0 Å². The van der Waals surface area contributed by atoms with Crippen molar-refractivity contribution in [2.45, 2.75) is 19.4 Å². The molecule has 0 aromatic carbocycles. The van der Waals surface area contributed by atoms with Crippen LogP contribution in [-0.4, -0.2) is 55.5 Å². The zero-order valence-corrected chi connectivity index (χ0v) is 8.92. The van der Waals surface area contributed by atoms with Gasteiger partial charge in [-0.05, 0) is 20.9 Å². The van der Waals surface area contributed by atoms with E-state index >= 15 is 0 Å². The molecule has 0 spiro atoms. The van der Waals surface area contributed by atoms with E-state index in [9.17, 15) is 0 Å². The largest absolute Gasteiger partial charge is 0.395 e. The maximum absolute atomic E-state index is 8.64. The number of rotatable bonds is 7. The third-order valence-corrected chi connectivity index (χ3v) is 1.94. The van der Waals surface area contributed by atoms with E-state index in [1.165, 1.54) is 0 Å². The summed E-state index contributed by atoms with van der Waals surface area (Å²) in [5, 5.41) is 8.64. The molecule has 0 saturated heterocycles. The second-order valence-corrected chi connectivity index (χ2v) is 3.84. The summed E-state index contributed by atoms with van der Waals surface area (Å²) in [6, 6.07) is 0. The molecule has 0 saturated carbocycles. The van der Waals surface area contributed by atoms with E-state index in [2.05, 4.69) is 0 Å². The first-order chi connectivity index (χ1) is 6.02. The number of ether oxygens (including phenoxy) is 1. The highest BCUT2D eigenvalue weighted by molar-refractivity contribution is 4.68. The van der Waals surface area contributed by atoms with Gasteiger partial charge in [-0.25, -0.2) is 0 Å². The standard InChI is InChI=1S/C9H22N2O2/c1-9(2,8-10)13-7-5-11(3)4-6-12/h12H,4-8,10H2,1-3H3. The average molecular weight is 190 g/mol. The van der Waals surface area contributed by atoms with Crippen LogP contribution in [0.4, 0.5) is 0 Å². The molecule has 0 aliphatic heterocycles. The Labute approximate surface area is 80.7 Å². The maximum Gasteiger partial charge on any atom is 0.0748 e. The Balaban J connectivity index is 3.44. The van der Waals surface area contributed by atoms with Crippen molar-refractivity contribution in [1.29, 1.82) is 0 Å². The van der Waals surface area contributed by atoms with Gasteiger partial charge >= 0.3 is 0 Å². The van der Waals surface area contributed by atoms with Gasteiger partial charge in [0, 0.05) is 19.6 Å². The summed E-state index contributed by atoms with van der Waals surface area (Å²) < 4.78 is 5.55. The van der Waals surface area contributed by atoms with Gasteiger partial charge < -0.3 is 20.5 Å². The predicted molar refractivity (Wildman–Crippen MR) is 53.7 cm³/mol. The fourth-order valence-corrected chi connectivity index (χ4v) is 0.819. The first-order valence-corrected chi connectivity index (χ1v) is 4.65. The van der Waals surface area contributed by atoms with Gasteiger partial charge in [-0.3, -0.25) is 0 Å². The molecule has 0 aromatic rings. The fraction of sp³-hybridized carbons (Fsp3) is 1.00. The molecule has 0 bridgehead atoms. The summed E-state index contributed by atoms with van der Waals surface area (Å²) in [6.45, 7) is 6.82. The van der Waals surface area contributed by atoms with Crippen LogP contribution in [0.3, 0.4) is 0 Å². The molecule has 4 nitrogen and oxygen atoms in total. The Morgan fingerprint density at radius 1 is 1.38 bits per heavy atom. The number of likely N-dealkylation sites (N-methyl/N-ethyl adjacent to an activating group) is 1. The van der Waals surface area contributed by atoms with Gasteiger partial charge in [0.25, 0.3) is 0 Å². The number of nitrogens with two attached hydrogens (primary N) is 1. The van der Waals surface area contributed by atoms with E-state index in [-0.39, 0.29) is 12.2 Å². The van der Waals surface area contributed by atoms with Crippen LogP contribution >= 0.6 is 0 Å². The fourth-order valence-electron chi connectivity index (χ4n) is 0.819. The monoisotopic (exact) mass is 190 g/mol. The highest BCUT2D eigenvalue weighted by Crippen LogP contribution is 2.05. The van der Waals surface area contributed by atoms with Crippen molar-refractivity contribution in [2.75, 3.05) is 39.9 Å². The van der Waals surface area contributed by atoms with Crippen molar-refractivity contribution in [3.8, 4) is 0 Å². The summed E-state index contributed by atoms with van der Waals surface area (Å²) in [7, 11) is 1.95. The van der Waals surface area contributed by atoms with Crippen molar-refractivity contribution >= 4 is 0 Å². The molecule has 0 aromatic heterocycles. The number of nitrogens with zero attached hydrogens (tertiary/aromatic N) is 1. The summed E-state index contributed by atoms with van der Waals surface area (Å²) in [4.78, 5) is 2.02. The SMILES string of the molecule is CN(CCO)CCOC(C)(C)CN. The summed E-state index contributed by atoms with van der Waals surface area (Å²) in [6.07, 6.45) is 0. The van der Waals surface area contributed by atoms with Crippen LogP contribution in [0.2, 0.25) is 0 Å². The predicted octanol–water partition coefficient (Wildman–Crippen LogP) is -0.336. The summed E-state index contributed by atoms with van der Waals surface area (Å²) in [5.74, 6) is 0. The smallest absolute Gasteiger partial charge is 0.0748 e. The van der Waals surface area contributed by atoms with Crippen molar-refractivity contribution in [3.05, 3.63) is 0 Å². The minimum Gasteiger partial charge on any atom is -0.395 e. The minimum atomic E-state index is -0.236. The maximum atomic E-state index is 8.64.